The number of carbonyl (C=O) groups excluding carboxylic acids is 1. The Morgan fingerprint density at radius 3 is 2.45 bits per heavy atom. The van der Waals surface area contributed by atoms with E-state index in [0.29, 0.717) is 6.29 Å². The van der Waals surface area contributed by atoms with Crippen molar-refractivity contribution in [1.29, 1.82) is 0 Å². The fourth-order valence-corrected chi connectivity index (χ4v) is 2.22. The molecule has 0 fully saturated rings. The normalized spacial score (nSPS) is 11.3. The summed E-state index contributed by atoms with van der Waals surface area (Å²) in [6.45, 7) is -0.768. The molecule has 0 saturated carbocycles. The van der Waals surface area contributed by atoms with Gasteiger partial charge < -0.3 is 10.1 Å². The van der Waals surface area contributed by atoms with E-state index in [2.05, 4.69) is 5.32 Å². The lowest BCUT2D eigenvalue weighted by Gasteiger charge is -2.19. The topological polar surface area (TPSA) is 29.1 Å². The van der Waals surface area contributed by atoms with Crippen LogP contribution in [-0.2, 0) is 17.1 Å². The molecule has 0 heterocycles. The van der Waals surface area contributed by atoms with Crippen LogP contribution in [0, 0.1) is 5.82 Å². The highest BCUT2D eigenvalue weighted by Gasteiger charge is 2.31. The summed E-state index contributed by atoms with van der Waals surface area (Å²) in [5.41, 5.74) is -0.286. The molecule has 0 radical (unpaired) electrons. The Kier molecular flexibility index (Phi) is 5.08. The number of aldehydes is 1. The van der Waals surface area contributed by atoms with E-state index >= 15 is 0 Å². The molecule has 116 valence electrons. The Hall–Kier alpha value is -2.01. The van der Waals surface area contributed by atoms with Gasteiger partial charge in [0.1, 0.15) is 6.29 Å². The van der Waals surface area contributed by atoms with Crippen molar-refractivity contribution in [2.75, 3.05) is 11.9 Å². The van der Waals surface area contributed by atoms with Crippen molar-refractivity contribution < 1.29 is 18.0 Å². The molecule has 0 amide bonds. The molecule has 0 aromatic heterocycles. The quantitative estimate of drug-likeness (QED) is 0.795. The summed E-state index contributed by atoms with van der Waals surface area (Å²) in [6.07, 6.45) is 0.294. The van der Waals surface area contributed by atoms with Crippen LogP contribution in [0.1, 0.15) is 11.1 Å². The summed E-state index contributed by atoms with van der Waals surface area (Å²) in [5, 5.41) is 2.47. The zero-order valence-corrected chi connectivity index (χ0v) is 12.2. The summed E-state index contributed by atoms with van der Waals surface area (Å²) >= 11 is 5.79. The number of anilines is 1. The molecule has 0 aliphatic carbocycles. The third kappa shape index (κ3) is 3.60. The first-order valence-corrected chi connectivity index (χ1v) is 6.91. The average Bonchev–Trinajstić information content (AvgIpc) is 2.51. The maximum atomic E-state index is 14.1. The molecule has 0 bridgehead atoms. The molecule has 1 N–H and O–H groups in total. The summed E-state index contributed by atoms with van der Waals surface area (Å²) in [6, 6.07) is 9.90. The van der Waals surface area contributed by atoms with Crippen LogP contribution in [0.3, 0.4) is 0 Å². The minimum absolute atomic E-state index is 0.00954. The Labute approximate surface area is 130 Å². The van der Waals surface area contributed by atoms with Gasteiger partial charge in [0.2, 0.25) is 0 Å². The first kappa shape index (κ1) is 16.4. The van der Waals surface area contributed by atoms with Crippen molar-refractivity contribution in [2.24, 2.45) is 0 Å². The van der Waals surface area contributed by atoms with Crippen molar-refractivity contribution in [3.63, 3.8) is 0 Å². The van der Waals surface area contributed by atoms with Gasteiger partial charge >= 0.3 is 0 Å². The lowest BCUT2D eigenvalue weighted by Crippen LogP contribution is -2.25. The van der Waals surface area contributed by atoms with Crippen LogP contribution in [0.15, 0.2) is 42.5 Å². The fourth-order valence-electron chi connectivity index (χ4n) is 1.99. The molecule has 6 heteroatoms. The summed E-state index contributed by atoms with van der Waals surface area (Å²) in [7, 11) is 0. The second-order valence-corrected chi connectivity index (χ2v) is 5.09. The largest absolute Gasteiger partial charge is 0.376 e. The number of carbonyl (C=O) groups is 1. The van der Waals surface area contributed by atoms with Gasteiger partial charge in [-0.3, -0.25) is 0 Å². The second-order valence-electron chi connectivity index (χ2n) is 4.68. The smallest absolute Gasteiger partial charge is 0.290 e. The van der Waals surface area contributed by atoms with Gasteiger partial charge in [-0.2, -0.15) is 8.78 Å². The van der Waals surface area contributed by atoms with Gasteiger partial charge in [-0.25, -0.2) is 4.39 Å². The molecule has 2 nitrogen and oxygen atoms in total. The number of halogens is 4. The fraction of sp³-hybridized carbons (Fsp3) is 0.188. The van der Waals surface area contributed by atoms with Crippen LogP contribution < -0.4 is 5.32 Å². The van der Waals surface area contributed by atoms with Gasteiger partial charge in [-0.1, -0.05) is 41.9 Å². The third-order valence-electron chi connectivity index (χ3n) is 3.17. The summed E-state index contributed by atoms with van der Waals surface area (Å²) in [5.74, 6) is -3.94. The monoisotopic (exact) mass is 327 g/mol. The van der Waals surface area contributed by atoms with Crippen molar-refractivity contribution in [3.8, 4) is 0 Å². The summed E-state index contributed by atoms with van der Waals surface area (Å²) < 4.78 is 42.2. The van der Waals surface area contributed by atoms with Gasteiger partial charge in [0.05, 0.1) is 12.2 Å². The first-order valence-electron chi connectivity index (χ1n) is 6.53. The number of benzene rings is 2. The van der Waals surface area contributed by atoms with E-state index in [0.717, 1.165) is 0 Å². The van der Waals surface area contributed by atoms with Gasteiger partial charge in [-0.15, -0.1) is 0 Å². The Bertz CT molecular complexity index is 662. The predicted octanol–water partition coefficient (Wildman–Crippen LogP) is 4.42. The van der Waals surface area contributed by atoms with Crippen molar-refractivity contribution >= 4 is 23.6 Å². The lowest BCUT2D eigenvalue weighted by atomic mass is 10.1. The molecule has 0 atom stereocenters. The molecule has 22 heavy (non-hydrogen) atoms. The molecule has 2 aromatic carbocycles. The van der Waals surface area contributed by atoms with Crippen LogP contribution >= 0.6 is 11.6 Å². The highest BCUT2D eigenvalue weighted by molar-refractivity contribution is 6.31. The molecule has 0 unspecified atom stereocenters. The van der Waals surface area contributed by atoms with E-state index in [9.17, 15) is 18.0 Å². The number of nitrogens with one attached hydrogen (secondary N) is 1. The van der Waals surface area contributed by atoms with Gasteiger partial charge in [0.15, 0.2) is 5.82 Å². The van der Waals surface area contributed by atoms with E-state index < -0.39 is 18.3 Å². The highest BCUT2D eigenvalue weighted by Crippen LogP contribution is 2.30. The maximum Gasteiger partial charge on any atom is 0.290 e. The Morgan fingerprint density at radius 2 is 1.82 bits per heavy atom. The highest BCUT2D eigenvalue weighted by atomic mass is 35.5. The van der Waals surface area contributed by atoms with E-state index in [1.54, 1.807) is 6.07 Å². The van der Waals surface area contributed by atoms with Gasteiger partial charge in [0, 0.05) is 22.6 Å². The number of hydrogen-bond acceptors (Lipinski definition) is 2. The molecule has 2 rings (SSSR count). The van der Waals surface area contributed by atoms with E-state index in [1.807, 2.05) is 0 Å². The first-order chi connectivity index (χ1) is 10.5. The second kappa shape index (κ2) is 6.83. The minimum Gasteiger partial charge on any atom is -0.376 e. The van der Waals surface area contributed by atoms with Crippen molar-refractivity contribution in [2.45, 2.75) is 12.3 Å². The molecule has 0 saturated heterocycles. The van der Waals surface area contributed by atoms with E-state index in [-0.39, 0.29) is 28.3 Å². The number of alkyl halides is 2. The van der Waals surface area contributed by atoms with Gasteiger partial charge in [-0.05, 0) is 12.1 Å². The van der Waals surface area contributed by atoms with Crippen molar-refractivity contribution in [3.05, 3.63) is 64.4 Å². The minimum atomic E-state index is -3.15. The average molecular weight is 328 g/mol. The van der Waals surface area contributed by atoms with E-state index in [1.165, 1.54) is 36.4 Å². The van der Waals surface area contributed by atoms with Crippen LogP contribution in [0.5, 0.6) is 0 Å². The number of hydrogen-bond donors (Lipinski definition) is 1. The van der Waals surface area contributed by atoms with Crippen LogP contribution in [-0.4, -0.2) is 12.8 Å². The molecule has 0 aliphatic heterocycles. The molecule has 0 spiro atoms. The zero-order chi connectivity index (χ0) is 16.2. The maximum absolute atomic E-state index is 14.1. The zero-order valence-electron chi connectivity index (χ0n) is 11.5. The molecule has 0 aliphatic rings. The molecular weight excluding hydrogens is 315 g/mol. The van der Waals surface area contributed by atoms with Crippen LogP contribution in [0.2, 0.25) is 5.02 Å². The lowest BCUT2D eigenvalue weighted by molar-refractivity contribution is -0.107. The SMILES string of the molecule is O=CCc1c(Cl)ccc(NCC(F)(F)c2ccccc2)c1F. The molecular formula is C16H13ClF3NO. The standard InChI is InChI=1S/C16H13ClF3NO/c17-13-6-7-14(15(18)12(13)8-9-22)21-10-16(19,20)11-4-2-1-3-5-11/h1-7,9,21H,8,10H2. The summed E-state index contributed by atoms with van der Waals surface area (Å²) in [4.78, 5) is 10.5. The molecule has 2 aromatic rings. The van der Waals surface area contributed by atoms with Gasteiger partial charge in [0.25, 0.3) is 5.92 Å². The third-order valence-corrected chi connectivity index (χ3v) is 3.52. The van der Waals surface area contributed by atoms with Crippen molar-refractivity contribution in [1.82, 2.24) is 0 Å². The van der Waals surface area contributed by atoms with E-state index in [4.69, 9.17) is 11.6 Å². The Balaban J connectivity index is 2.18. The number of rotatable bonds is 6. The van der Waals surface area contributed by atoms with Crippen LogP contribution in [0.4, 0.5) is 18.9 Å². The van der Waals surface area contributed by atoms with Crippen LogP contribution in [0.25, 0.3) is 0 Å². The predicted molar refractivity (Wildman–Crippen MR) is 80.0 cm³/mol. The Morgan fingerprint density at radius 1 is 1.14 bits per heavy atom.